The normalized spacial score (nSPS) is 14.2. The first-order chi connectivity index (χ1) is 20.5. The first-order valence-corrected chi connectivity index (χ1v) is 15.9. The minimum absolute atomic E-state index is 0.0446. The van der Waals surface area contributed by atoms with Gasteiger partial charge in [0.1, 0.15) is 24.1 Å². The summed E-state index contributed by atoms with van der Waals surface area (Å²) in [7, 11) is -1.18. The average Bonchev–Trinajstić information content (AvgIpc) is 3.51. The van der Waals surface area contributed by atoms with E-state index in [4.69, 9.17) is 9.47 Å². The van der Waals surface area contributed by atoms with Gasteiger partial charge in [-0.2, -0.15) is 0 Å². The van der Waals surface area contributed by atoms with Crippen LogP contribution in [0.3, 0.4) is 0 Å². The monoisotopic (exact) mass is 607 g/mol. The van der Waals surface area contributed by atoms with Crippen LogP contribution in [0.2, 0.25) is 0 Å². The highest BCUT2D eigenvalue weighted by molar-refractivity contribution is 7.92. The van der Waals surface area contributed by atoms with Crippen LogP contribution in [-0.4, -0.2) is 58.0 Å². The lowest BCUT2D eigenvalue weighted by Gasteiger charge is -2.33. The van der Waals surface area contributed by atoms with E-state index in [0.717, 1.165) is 46.7 Å². The van der Waals surface area contributed by atoms with Gasteiger partial charge in [0.15, 0.2) is 0 Å². The maximum absolute atomic E-state index is 14.2. The predicted octanol–water partition coefficient (Wildman–Crippen LogP) is 4.99. The van der Waals surface area contributed by atoms with Crippen molar-refractivity contribution in [1.29, 1.82) is 0 Å². The Morgan fingerprint density at radius 2 is 1.53 bits per heavy atom. The number of benzene rings is 3. The summed E-state index contributed by atoms with van der Waals surface area (Å²) in [6.45, 7) is 4.96. The molecule has 0 spiro atoms. The number of rotatable bonds is 12. The summed E-state index contributed by atoms with van der Waals surface area (Å²) < 4.78 is 40.2. The zero-order valence-corrected chi connectivity index (χ0v) is 26.3. The molecule has 0 aliphatic heterocycles. The average molecular weight is 608 g/mol. The number of aryl methyl sites for hydroxylation is 2. The third-order valence-electron chi connectivity index (χ3n) is 7.87. The number of nitrogens with zero attached hydrogens (tertiary/aromatic N) is 2. The van der Waals surface area contributed by atoms with Crippen LogP contribution in [0.1, 0.15) is 49.3 Å². The summed E-state index contributed by atoms with van der Waals surface area (Å²) >= 11 is 0. The van der Waals surface area contributed by atoms with Crippen molar-refractivity contribution >= 4 is 27.5 Å². The van der Waals surface area contributed by atoms with Crippen LogP contribution in [0, 0.1) is 13.8 Å². The Balaban J connectivity index is 1.73. The van der Waals surface area contributed by atoms with Crippen molar-refractivity contribution in [2.45, 2.75) is 70.0 Å². The van der Waals surface area contributed by atoms with Gasteiger partial charge >= 0.3 is 0 Å². The molecule has 1 aliphatic rings. The molecule has 1 aliphatic carbocycles. The van der Waals surface area contributed by atoms with Gasteiger partial charge in [0, 0.05) is 12.6 Å². The number of anilines is 1. The zero-order valence-electron chi connectivity index (χ0n) is 25.5. The molecule has 9 nitrogen and oxygen atoms in total. The van der Waals surface area contributed by atoms with Crippen LogP contribution in [-0.2, 0) is 26.2 Å². The largest absolute Gasteiger partial charge is 0.497 e. The fraction of sp³-hybridized carbons (Fsp3) is 0.394. The fourth-order valence-electron chi connectivity index (χ4n) is 5.25. The van der Waals surface area contributed by atoms with E-state index in [9.17, 15) is 18.0 Å². The van der Waals surface area contributed by atoms with Gasteiger partial charge in [-0.05, 0) is 81.1 Å². The Labute approximate surface area is 254 Å². The van der Waals surface area contributed by atoms with E-state index in [-0.39, 0.29) is 29.1 Å². The highest BCUT2D eigenvalue weighted by Crippen LogP contribution is 2.34. The zero-order chi connectivity index (χ0) is 31.1. The number of hydrogen-bond donors (Lipinski definition) is 1. The maximum Gasteiger partial charge on any atom is 0.264 e. The molecule has 230 valence electrons. The predicted molar refractivity (Wildman–Crippen MR) is 167 cm³/mol. The molecule has 1 fully saturated rings. The van der Waals surface area contributed by atoms with Gasteiger partial charge in [-0.15, -0.1) is 0 Å². The van der Waals surface area contributed by atoms with E-state index < -0.39 is 28.5 Å². The first kappa shape index (κ1) is 31.9. The van der Waals surface area contributed by atoms with Crippen LogP contribution < -0.4 is 19.1 Å². The minimum Gasteiger partial charge on any atom is -0.497 e. The number of carbonyl (C=O) groups is 2. The number of carbonyl (C=O) groups excluding carboxylic acids is 2. The Morgan fingerprint density at radius 3 is 2.14 bits per heavy atom. The Bertz CT molecular complexity index is 1520. The number of methoxy groups -OCH3 is 2. The molecular weight excluding hydrogens is 566 g/mol. The van der Waals surface area contributed by atoms with Crippen LogP contribution >= 0.6 is 0 Å². The fourth-order valence-corrected chi connectivity index (χ4v) is 6.66. The second-order valence-corrected chi connectivity index (χ2v) is 12.9. The van der Waals surface area contributed by atoms with E-state index in [2.05, 4.69) is 5.32 Å². The molecule has 10 heteroatoms. The summed E-state index contributed by atoms with van der Waals surface area (Å²) in [5, 5.41) is 3.09. The summed E-state index contributed by atoms with van der Waals surface area (Å²) in [4.78, 5) is 29.1. The van der Waals surface area contributed by atoms with E-state index in [0.29, 0.717) is 11.5 Å². The molecule has 1 saturated carbocycles. The number of ether oxygens (including phenoxy) is 2. The second kappa shape index (κ2) is 13.9. The van der Waals surface area contributed by atoms with Gasteiger partial charge in [0.05, 0.1) is 24.8 Å². The van der Waals surface area contributed by atoms with Crippen molar-refractivity contribution in [2.24, 2.45) is 0 Å². The molecule has 3 aromatic carbocycles. The lowest BCUT2D eigenvalue weighted by Crippen LogP contribution is -2.52. The Morgan fingerprint density at radius 1 is 0.907 bits per heavy atom. The molecule has 4 rings (SSSR count). The first-order valence-electron chi connectivity index (χ1n) is 14.5. The van der Waals surface area contributed by atoms with Crippen molar-refractivity contribution in [3.8, 4) is 11.5 Å². The molecule has 0 bridgehead atoms. The van der Waals surface area contributed by atoms with Crippen molar-refractivity contribution < 1.29 is 27.5 Å². The summed E-state index contributed by atoms with van der Waals surface area (Å²) in [5.41, 5.74) is 2.72. The molecule has 43 heavy (non-hydrogen) atoms. The third-order valence-corrected chi connectivity index (χ3v) is 9.65. The third kappa shape index (κ3) is 7.67. The Hall–Kier alpha value is -4.05. The molecule has 0 unspecified atom stereocenters. The standard InChI is InChI=1S/C33H41N3O6S/c1-23-10-17-29(18-11-23)43(39,40)36(30-20-24(2)12-19-31(30)42-5)22-32(37)35(21-26-13-15-28(41-4)16-14-26)25(3)33(38)34-27-8-6-7-9-27/h10-20,25,27H,6-9,21-22H2,1-5H3,(H,34,38)/t25-/m0/s1. The Kier molecular flexibility index (Phi) is 10.3. The van der Waals surface area contributed by atoms with Crippen LogP contribution in [0.5, 0.6) is 11.5 Å². The van der Waals surface area contributed by atoms with Crippen molar-refractivity contribution in [3.05, 3.63) is 83.4 Å². The van der Waals surface area contributed by atoms with Crippen molar-refractivity contribution in [1.82, 2.24) is 10.2 Å². The smallest absolute Gasteiger partial charge is 0.264 e. The number of nitrogens with one attached hydrogen (secondary N) is 1. The number of sulfonamides is 1. The SMILES string of the molecule is COc1ccc(CN(C(=O)CN(c2cc(C)ccc2OC)S(=O)(=O)c2ccc(C)cc2)[C@@H](C)C(=O)NC2CCCC2)cc1. The van der Waals surface area contributed by atoms with Gasteiger partial charge in [-0.1, -0.05) is 48.7 Å². The molecule has 0 radical (unpaired) electrons. The van der Waals surface area contributed by atoms with Gasteiger partial charge < -0.3 is 19.7 Å². The lowest BCUT2D eigenvalue weighted by molar-refractivity contribution is -0.139. The molecule has 2 amide bonds. The number of amides is 2. The van der Waals surface area contributed by atoms with Crippen molar-refractivity contribution in [3.63, 3.8) is 0 Å². The molecule has 1 N–H and O–H groups in total. The van der Waals surface area contributed by atoms with Gasteiger partial charge in [-0.3, -0.25) is 13.9 Å². The van der Waals surface area contributed by atoms with E-state index >= 15 is 0 Å². The topological polar surface area (TPSA) is 105 Å². The van der Waals surface area contributed by atoms with Gasteiger partial charge in [0.25, 0.3) is 10.0 Å². The van der Waals surface area contributed by atoms with Crippen LogP contribution in [0.15, 0.2) is 71.6 Å². The summed E-state index contributed by atoms with van der Waals surface area (Å²) in [6, 6.07) is 18.1. The van der Waals surface area contributed by atoms with Gasteiger partial charge in [-0.25, -0.2) is 8.42 Å². The van der Waals surface area contributed by atoms with E-state index in [1.54, 1.807) is 50.4 Å². The molecule has 0 heterocycles. The summed E-state index contributed by atoms with van der Waals surface area (Å²) in [6.07, 6.45) is 3.91. The molecule has 3 aromatic rings. The van der Waals surface area contributed by atoms with Crippen LogP contribution in [0.25, 0.3) is 0 Å². The highest BCUT2D eigenvalue weighted by atomic mass is 32.2. The summed E-state index contributed by atoms with van der Waals surface area (Å²) in [5.74, 6) is 0.178. The van der Waals surface area contributed by atoms with Crippen LogP contribution in [0.4, 0.5) is 5.69 Å². The quantitative estimate of drug-likeness (QED) is 0.311. The second-order valence-electron chi connectivity index (χ2n) is 11.0. The molecular formula is C33H41N3O6S. The lowest BCUT2D eigenvalue weighted by atomic mass is 10.1. The highest BCUT2D eigenvalue weighted by Gasteiger charge is 2.34. The van der Waals surface area contributed by atoms with Gasteiger partial charge in [0.2, 0.25) is 11.8 Å². The molecule has 1 atom stereocenters. The van der Waals surface area contributed by atoms with E-state index in [1.165, 1.54) is 24.1 Å². The van der Waals surface area contributed by atoms with Crippen molar-refractivity contribution in [2.75, 3.05) is 25.1 Å². The maximum atomic E-state index is 14.2. The molecule has 0 aromatic heterocycles. The number of hydrogen-bond acceptors (Lipinski definition) is 6. The van der Waals surface area contributed by atoms with E-state index in [1.807, 2.05) is 32.0 Å². The minimum atomic E-state index is -4.21. The molecule has 0 saturated heterocycles.